The minimum Gasteiger partial charge on any atom is -0.465 e. The van der Waals surface area contributed by atoms with Gasteiger partial charge in [-0.3, -0.25) is 4.79 Å². The molecule has 0 fully saturated rings. The topological polar surface area (TPSA) is 107 Å². The second kappa shape index (κ2) is 10.2. The molecule has 0 saturated heterocycles. The van der Waals surface area contributed by atoms with E-state index in [-0.39, 0.29) is 33.7 Å². The summed E-state index contributed by atoms with van der Waals surface area (Å²) in [4.78, 5) is 48.8. The van der Waals surface area contributed by atoms with Gasteiger partial charge in [0.25, 0.3) is 0 Å². The van der Waals surface area contributed by atoms with E-state index >= 15 is 0 Å². The molecule has 33 heavy (non-hydrogen) atoms. The summed E-state index contributed by atoms with van der Waals surface area (Å²) in [6.07, 6.45) is 5.95. The van der Waals surface area contributed by atoms with Gasteiger partial charge in [0.05, 0.1) is 25.0 Å². The van der Waals surface area contributed by atoms with E-state index in [2.05, 4.69) is 15.3 Å². The molecule has 0 atom stereocenters. The molecule has 1 aliphatic rings. The first-order valence-electron chi connectivity index (χ1n) is 10.5. The number of hydrogen-bond acceptors (Lipinski definition) is 10. The number of rotatable bonds is 7. The van der Waals surface area contributed by atoms with Gasteiger partial charge in [-0.25, -0.2) is 19.6 Å². The van der Waals surface area contributed by atoms with Gasteiger partial charge >= 0.3 is 11.9 Å². The third-order valence-corrected chi connectivity index (χ3v) is 8.68. The number of carbonyl (C=O) groups excluding carboxylic acids is 3. The van der Waals surface area contributed by atoms with Gasteiger partial charge < -0.3 is 14.8 Å². The number of aromatic nitrogens is 2. The van der Waals surface area contributed by atoms with Gasteiger partial charge in [0, 0.05) is 10.3 Å². The summed E-state index contributed by atoms with van der Waals surface area (Å²) in [6.45, 7) is 3.51. The van der Waals surface area contributed by atoms with Gasteiger partial charge in [-0.2, -0.15) is 0 Å². The first kappa shape index (κ1) is 23.7. The van der Waals surface area contributed by atoms with Gasteiger partial charge in [0.2, 0.25) is 5.91 Å². The van der Waals surface area contributed by atoms with Crippen LogP contribution < -0.4 is 5.32 Å². The average molecular weight is 506 g/mol. The van der Waals surface area contributed by atoms with E-state index in [0.29, 0.717) is 5.56 Å². The zero-order valence-corrected chi connectivity index (χ0v) is 20.9. The number of ether oxygens (including phenoxy) is 2. The zero-order chi connectivity index (χ0) is 23.5. The van der Waals surface area contributed by atoms with Crippen molar-refractivity contribution in [2.24, 2.45) is 0 Å². The normalized spacial score (nSPS) is 12.9. The molecule has 3 heterocycles. The zero-order valence-electron chi connectivity index (χ0n) is 18.5. The molecule has 0 unspecified atom stereocenters. The first-order chi connectivity index (χ1) is 15.9. The summed E-state index contributed by atoms with van der Waals surface area (Å²) >= 11 is 4.06. The fourth-order valence-electron chi connectivity index (χ4n) is 3.81. The Hall–Kier alpha value is -2.50. The minimum absolute atomic E-state index is 0.101. The molecule has 0 radical (unpaired) electrons. The fourth-order valence-corrected chi connectivity index (χ4v) is 7.05. The Morgan fingerprint density at radius 2 is 1.94 bits per heavy atom. The Morgan fingerprint density at radius 1 is 1.15 bits per heavy atom. The number of esters is 2. The lowest BCUT2D eigenvalue weighted by Gasteiger charge is -2.11. The lowest BCUT2D eigenvalue weighted by Crippen LogP contribution is -2.16. The van der Waals surface area contributed by atoms with E-state index in [1.165, 1.54) is 42.1 Å². The van der Waals surface area contributed by atoms with Gasteiger partial charge in [-0.15, -0.1) is 22.7 Å². The predicted molar refractivity (Wildman–Crippen MR) is 130 cm³/mol. The second-order valence-corrected chi connectivity index (χ2v) is 10.4. The third-order valence-electron chi connectivity index (χ3n) is 5.31. The fraction of sp³-hybridized carbons (Fsp3) is 0.409. The van der Waals surface area contributed by atoms with Crippen molar-refractivity contribution in [1.82, 2.24) is 9.97 Å². The van der Waals surface area contributed by atoms with Crippen molar-refractivity contribution in [2.75, 3.05) is 24.8 Å². The van der Waals surface area contributed by atoms with Gasteiger partial charge in [-0.05, 0) is 50.7 Å². The van der Waals surface area contributed by atoms with E-state index in [1.807, 2.05) is 0 Å². The summed E-state index contributed by atoms with van der Waals surface area (Å²) in [5.41, 5.74) is 1.92. The molecule has 8 nitrogen and oxygen atoms in total. The largest absolute Gasteiger partial charge is 0.465 e. The number of nitrogens with zero attached hydrogens (tertiary/aromatic N) is 2. The minimum atomic E-state index is -0.591. The van der Waals surface area contributed by atoms with Crippen molar-refractivity contribution in [3.8, 4) is 0 Å². The van der Waals surface area contributed by atoms with Crippen molar-refractivity contribution < 1.29 is 23.9 Å². The maximum atomic E-state index is 12.8. The van der Waals surface area contributed by atoms with Crippen LogP contribution in [-0.2, 0) is 27.1 Å². The number of nitrogens with one attached hydrogen (secondary N) is 1. The van der Waals surface area contributed by atoms with Crippen LogP contribution in [-0.4, -0.2) is 47.3 Å². The van der Waals surface area contributed by atoms with Crippen LogP contribution in [0.25, 0.3) is 10.2 Å². The molecule has 4 rings (SSSR count). The van der Waals surface area contributed by atoms with Crippen molar-refractivity contribution in [1.29, 1.82) is 0 Å². The monoisotopic (exact) mass is 505 g/mol. The Kier molecular flexibility index (Phi) is 7.30. The molecule has 3 aromatic heterocycles. The van der Waals surface area contributed by atoms with Gasteiger partial charge in [0.15, 0.2) is 0 Å². The van der Waals surface area contributed by atoms with Crippen LogP contribution in [0.15, 0.2) is 11.4 Å². The van der Waals surface area contributed by atoms with Crippen LogP contribution in [0.3, 0.4) is 0 Å². The molecule has 0 spiro atoms. The molecular formula is C22H23N3O5S3. The SMILES string of the molecule is CCOC(=O)c1c(NC(=O)CSc2ncnc3sc4c(c23)CCCC4)sc(C(=O)OC)c1C. The molecular weight excluding hydrogens is 482 g/mol. The number of thiophene rings is 2. The van der Waals surface area contributed by atoms with Crippen molar-refractivity contribution in [3.05, 3.63) is 32.8 Å². The Labute approximate surface area is 203 Å². The maximum absolute atomic E-state index is 12.8. The van der Waals surface area contributed by atoms with Gasteiger partial charge in [0.1, 0.15) is 26.1 Å². The number of amides is 1. The molecule has 11 heteroatoms. The van der Waals surface area contributed by atoms with Gasteiger partial charge in [-0.1, -0.05) is 11.8 Å². The molecule has 3 aromatic rings. The standard InChI is InChI=1S/C22H23N3O5S3/c1-4-30-21(27)15-11(2)17(22(28)29-3)33-20(15)25-14(26)9-31-18-16-12-7-5-6-8-13(12)32-19(16)24-10-23-18/h10H,4-9H2,1-3H3,(H,25,26). The highest BCUT2D eigenvalue weighted by atomic mass is 32.2. The van der Waals surface area contributed by atoms with Crippen LogP contribution >= 0.6 is 34.4 Å². The van der Waals surface area contributed by atoms with Crippen molar-refractivity contribution >= 4 is 67.5 Å². The van der Waals surface area contributed by atoms with Crippen LogP contribution in [0.5, 0.6) is 0 Å². The highest BCUT2D eigenvalue weighted by Crippen LogP contribution is 2.39. The predicted octanol–water partition coefficient (Wildman–Crippen LogP) is 4.63. The quantitative estimate of drug-likeness (QED) is 0.281. The Morgan fingerprint density at radius 3 is 2.70 bits per heavy atom. The molecule has 0 aliphatic heterocycles. The van der Waals surface area contributed by atoms with E-state index in [4.69, 9.17) is 9.47 Å². The van der Waals surface area contributed by atoms with E-state index in [0.717, 1.165) is 45.8 Å². The summed E-state index contributed by atoms with van der Waals surface area (Å²) in [7, 11) is 1.27. The second-order valence-electron chi connectivity index (χ2n) is 7.38. The van der Waals surface area contributed by atoms with E-state index in [9.17, 15) is 14.4 Å². The lowest BCUT2D eigenvalue weighted by molar-refractivity contribution is -0.113. The average Bonchev–Trinajstić information content (AvgIpc) is 3.35. The van der Waals surface area contributed by atoms with E-state index < -0.39 is 11.9 Å². The molecule has 0 bridgehead atoms. The Bertz CT molecular complexity index is 1230. The smallest absolute Gasteiger partial charge is 0.348 e. The number of aryl methyl sites for hydroxylation is 2. The molecule has 1 aliphatic carbocycles. The van der Waals surface area contributed by atoms with Crippen LogP contribution in [0, 0.1) is 6.92 Å². The van der Waals surface area contributed by atoms with Crippen LogP contribution in [0.2, 0.25) is 0 Å². The number of anilines is 1. The van der Waals surface area contributed by atoms with E-state index in [1.54, 1.807) is 25.2 Å². The molecule has 1 amide bonds. The first-order valence-corrected chi connectivity index (χ1v) is 13.1. The molecule has 0 saturated carbocycles. The van der Waals surface area contributed by atoms with Crippen molar-refractivity contribution in [3.63, 3.8) is 0 Å². The third kappa shape index (κ3) is 4.75. The number of methoxy groups -OCH3 is 1. The number of carbonyl (C=O) groups is 3. The summed E-state index contributed by atoms with van der Waals surface area (Å²) < 4.78 is 9.93. The summed E-state index contributed by atoms with van der Waals surface area (Å²) in [5, 5.41) is 4.90. The number of thioether (sulfide) groups is 1. The number of hydrogen-bond donors (Lipinski definition) is 1. The van der Waals surface area contributed by atoms with Crippen LogP contribution in [0.4, 0.5) is 5.00 Å². The molecule has 1 N–H and O–H groups in total. The number of fused-ring (bicyclic) bond motifs is 3. The highest BCUT2D eigenvalue weighted by Gasteiger charge is 2.27. The highest BCUT2D eigenvalue weighted by molar-refractivity contribution is 8.00. The Balaban J connectivity index is 1.55. The van der Waals surface area contributed by atoms with Crippen molar-refractivity contribution in [2.45, 2.75) is 44.6 Å². The summed E-state index contributed by atoms with van der Waals surface area (Å²) in [6, 6.07) is 0. The maximum Gasteiger partial charge on any atom is 0.348 e. The van der Waals surface area contributed by atoms with Crippen LogP contribution in [0.1, 0.15) is 55.8 Å². The molecule has 0 aromatic carbocycles. The summed E-state index contributed by atoms with van der Waals surface area (Å²) in [5.74, 6) is -1.36. The molecule has 174 valence electrons. The lowest BCUT2D eigenvalue weighted by atomic mass is 9.97.